The van der Waals surface area contributed by atoms with E-state index >= 15 is 0 Å². The van der Waals surface area contributed by atoms with Gasteiger partial charge < -0.3 is 16.4 Å². The Hall–Kier alpha value is -3.24. The highest BCUT2D eigenvalue weighted by atomic mass is 32.2. The normalized spacial score (nSPS) is 17.0. The van der Waals surface area contributed by atoms with Gasteiger partial charge in [0.15, 0.2) is 0 Å². The maximum absolute atomic E-state index is 13.1. The van der Waals surface area contributed by atoms with Crippen LogP contribution in [0.15, 0.2) is 59.5 Å². The Balaban J connectivity index is 1.71. The van der Waals surface area contributed by atoms with Crippen LogP contribution in [0.25, 0.3) is 0 Å². The zero-order chi connectivity index (χ0) is 22.4. The van der Waals surface area contributed by atoms with Crippen molar-refractivity contribution in [3.63, 3.8) is 0 Å². The van der Waals surface area contributed by atoms with Gasteiger partial charge in [-0.05, 0) is 49.2 Å². The number of amides is 3. The molecule has 9 nitrogen and oxygen atoms in total. The summed E-state index contributed by atoms with van der Waals surface area (Å²) >= 11 is 0. The lowest BCUT2D eigenvalue weighted by atomic mass is 10.0. The van der Waals surface area contributed by atoms with Gasteiger partial charge in [-0.15, -0.1) is 0 Å². The van der Waals surface area contributed by atoms with Gasteiger partial charge in [0.2, 0.25) is 21.8 Å². The topological polar surface area (TPSA) is 139 Å². The fourth-order valence-corrected chi connectivity index (χ4v) is 5.06. The number of hydrogen-bond donors (Lipinski definition) is 3. The molecule has 2 aromatic carbocycles. The van der Waals surface area contributed by atoms with Crippen molar-refractivity contribution in [1.29, 1.82) is 0 Å². The third-order valence-corrected chi connectivity index (χ3v) is 6.87. The number of piperidine rings is 1. The highest BCUT2D eigenvalue weighted by molar-refractivity contribution is 7.89. The Bertz CT molecular complexity index is 1050. The van der Waals surface area contributed by atoms with Gasteiger partial charge in [0, 0.05) is 17.8 Å². The van der Waals surface area contributed by atoms with Crippen molar-refractivity contribution in [3.05, 3.63) is 60.2 Å². The summed E-state index contributed by atoms with van der Waals surface area (Å²) in [4.78, 5) is 35.8. The number of sulfonamides is 1. The van der Waals surface area contributed by atoms with E-state index < -0.39 is 33.8 Å². The molecule has 31 heavy (non-hydrogen) atoms. The fraction of sp³-hybridized carbons (Fsp3) is 0.286. The smallest absolute Gasteiger partial charge is 0.251 e. The van der Waals surface area contributed by atoms with Crippen LogP contribution in [0.5, 0.6) is 0 Å². The van der Waals surface area contributed by atoms with Crippen LogP contribution in [-0.2, 0) is 19.6 Å². The first kappa shape index (κ1) is 22.4. The zero-order valence-corrected chi connectivity index (χ0v) is 17.6. The fourth-order valence-electron chi connectivity index (χ4n) is 3.38. The molecule has 1 atom stereocenters. The van der Waals surface area contributed by atoms with Crippen LogP contribution in [0.2, 0.25) is 0 Å². The van der Waals surface area contributed by atoms with Crippen LogP contribution in [0.3, 0.4) is 0 Å². The first-order valence-electron chi connectivity index (χ1n) is 9.83. The lowest BCUT2D eigenvalue weighted by molar-refractivity contribution is -0.120. The molecule has 1 aliphatic rings. The van der Waals surface area contributed by atoms with Gasteiger partial charge >= 0.3 is 0 Å². The standard InChI is InChI=1S/C21H24N4O5S/c22-19(26)14-23-20(27)15-9-11-16(12-10-15)24-21(28)18-8-4-5-13-25(18)31(29,30)17-6-2-1-3-7-17/h1-3,6-7,9-12,18H,4-5,8,13-14H2,(H2,22,26)(H,23,27)(H,24,28). The molecule has 0 spiro atoms. The Morgan fingerprint density at radius 1 is 1.00 bits per heavy atom. The molecular weight excluding hydrogens is 420 g/mol. The number of rotatable bonds is 7. The summed E-state index contributed by atoms with van der Waals surface area (Å²) in [5.74, 6) is -1.55. The summed E-state index contributed by atoms with van der Waals surface area (Å²) in [7, 11) is -3.80. The van der Waals surface area contributed by atoms with Crippen molar-refractivity contribution in [3.8, 4) is 0 Å². The van der Waals surface area contributed by atoms with Crippen molar-refractivity contribution in [1.82, 2.24) is 9.62 Å². The number of nitrogens with two attached hydrogens (primary N) is 1. The average molecular weight is 445 g/mol. The first-order chi connectivity index (χ1) is 14.8. The lowest BCUT2D eigenvalue weighted by Gasteiger charge is -2.33. The van der Waals surface area contributed by atoms with Gasteiger partial charge in [0.25, 0.3) is 5.91 Å². The number of nitrogens with one attached hydrogen (secondary N) is 2. The molecule has 4 N–H and O–H groups in total. The number of primary amides is 1. The van der Waals surface area contributed by atoms with Crippen LogP contribution in [0.1, 0.15) is 29.6 Å². The molecular formula is C21H24N4O5S. The van der Waals surface area contributed by atoms with Gasteiger partial charge in [0.05, 0.1) is 11.4 Å². The maximum Gasteiger partial charge on any atom is 0.251 e. The van der Waals surface area contributed by atoms with Gasteiger partial charge in [-0.3, -0.25) is 14.4 Å². The van der Waals surface area contributed by atoms with E-state index in [0.717, 1.165) is 6.42 Å². The van der Waals surface area contributed by atoms with E-state index in [4.69, 9.17) is 5.73 Å². The molecule has 1 fully saturated rings. The minimum absolute atomic E-state index is 0.154. The number of anilines is 1. The van der Waals surface area contributed by atoms with E-state index in [-0.39, 0.29) is 18.0 Å². The summed E-state index contributed by atoms with van der Waals surface area (Å²) in [6.45, 7) is -0.000982. The second-order valence-corrected chi connectivity index (χ2v) is 9.05. The molecule has 10 heteroatoms. The molecule has 3 rings (SSSR count). The van der Waals surface area contributed by atoms with Crippen LogP contribution in [0, 0.1) is 0 Å². The Kier molecular flexibility index (Phi) is 7.03. The summed E-state index contributed by atoms with van der Waals surface area (Å²) in [6, 6.07) is 13.3. The molecule has 3 amide bonds. The second kappa shape index (κ2) is 9.71. The third kappa shape index (κ3) is 5.47. The van der Waals surface area contributed by atoms with Crippen LogP contribution >= 0.6 is 0 Å². The molecule has 164 valence electrons. The van der Waals surface area contributed by atoms with Gasteiger partial charge in [0.1, 0.15) is 6.04 Å². The summed E-state index contributed by atoms with van der Waals surface area (Å²) in [5, 5.41) is 5.10. The Labute approximate surface area is 180 Å². The predicted octanol–water partition coefficient (Wildman–Crippen LogP) is 1.08. The first-order valence-corrected chi connectivity index (χ1v) is 11.3. The van der Waals surface area contributed by atoms with Crippen molar-refractivity contribution < 1.29 is 22.8 Å². The number of carbonyl (C=O) groups excluding carboxylic acids is 3. The molecule has 2 aromatic rings. The molecule has 1 saturated heterocycles. The van der Waals surface area contributed by atoms with Crippen LogP contribution in [-0.4, -0.2) is 49.6 Å². The Morgan fingerprint density at radius 2 is 1.68 bits per heavy atom. The molecule has 0 aliphatic carbocycles. The SMILES string of the molecule is NC(=O)CNC(=O)c1ccc(NC(=O)C2CCCCN2S(=O)(=O)c2ccccc2)cc1. The summed E-state index contributed by atoms with van der Waals surface area (Å²) < 4.78 is 27.4. The number of carbonyl (C=O) groups is 3. The highest BCUT2D eigenvalue weighted by Gasteiger charge is 2.37. The van der Waals surface area contributed by atoms with E-state index in [1.54, 1.807) is 18.2 Å². The van der Waals surface area contributed by atoms with E-state index in [9.17, 15) is 22.8 Å². The van der Waals surface area contributed by atoms with E-state index in [1.807, 2.05) is 0 Å². The zero-order valence-electron chi connectivity index (χ0n) is 16.8. The molecule has 1 aliphatic heterocycles. The van der Waals surface area contributed by atoms with Gasteiger partial charge in [-0.25, -0.2) is 8.42 Å². The van der Waals surface area contributed by atoms with E-state index in [2.05, 4.69) is 10.6 Å². The minimum atomic E-state index is -3.80. The number of hydrogen-bond acceptors (Lipinski definition) is 5. The predicted molar refractivity (Wildman–Crippen MR) is 115 cm³/mol. The molecule has 0 radical (unpaired) electrons. The number of benzene rings is 2. The van der Waals surface area contributed by atoms with Crippen molar-refractivity contribution in [2.45, 2.75) is 30.2 Å². The maximum atomic E-state index is 13.1. The van der Waals surface area contributed by atoms with Crippen LogP contribution in [0.4, 0.5) is 5.69 Å². The average Bonchev–Trinajstić information content (AvgIpc) is 2.78. The quantitative estimate of drug-likeness (QED) is 0.587. The van der Waals surface area contributed by atoms with Crippen molar-refractivity contribution >= 4 is 33.4 Å². The highest BCUT2D eigenvalue weighted by Crippen LogP contribution is 2.26. The third-order valence-electron chi connectivity index (χ3n) is 4.94. The lowest BCUT2D eigenvalue weighted by Crippen LogP contribution is -2.49. The second-order valence-electron chi connectivity index (χ2n) is 7.16. The number of nitrogens with zero attached hydrogens (tertiary/aromatic N) is 1. The van der Waals surface area contributed by atoms with Crippen molar-refractivity contribution in [2.75, 3.05) is 18.4 Å². The van der Waals surface area contributed by atoms with Crippen LogP contribution < -0.4 is 16.4 Å². The monoisotopic (exact) mass is 444 g/mol. The molecule has 0 bridgehead atoms. The minimum Gasteiger partial charge on any atom is -0.368 e. The summed E-state index contributed by atoms with van der Waals surface area (Å²) in [6.07, 6.45) is 1.86. The van der Waals surface area contributed by atoms with E-state index in [1.165, 1.54) is 40.7 Å². The van der Waals surface area contributed by atoms with Crippen molar-refractivity contribution in [2.24, 2.45) is 5.73 Å². The van der Waals surface area contributed by atoms with Gasteiger partial charge in [-0.2, -0.15) is 4.31 Å². The molecule has 0 aromatic heterocycles. The Morgan fingerprint density at radius 3 is 2.32 bits per heavy atom. The summed E-state index contributed by atoms with van der Waals surface area (Å²) in [5.41, 5.74) is 5.73. The molecule has 0 saturated carbocycles. The largest absolute Gasteiger partial charge is 0.368 e. The van der Waals surface area contributed by atoms with Gasteiger partial charge in [-0.1, -0.05) is 24.6 Å². The van der Waals surface area contributed by atoms with E-state index in [0.29, 0.717) is 24.1 Å². The molecule has 1 heterocycles. The molecule has 1 unspecified atom stereocenters.